The van der Waals surface area contributed by atoms with Gasteiger partial charge in [-0.3, -0.25) is 4.79 Å². The van der Waals surface area contributed by atoms with E-state index in [-0.39, 0.29) is 23.9 Å². The Hall–Kier alpha value is -1.35. The molecule has 1 heterocycles. The molecule has 0 spiro atoms. The zero-order valence-electron chi connectivity index (χ0n) is 12.1. The summed E-state index contributed by atoms with van der Waals surface area (Å²) in [6.45, 7) is 7.27. The van der Waals surface area contributed by atoms with Gasteiger partial charge in [-0.05, 0) is 51.3 Å². The van der Waals surface area contributed by atoms with Crippen molar-refractivity contribution in [2.75, 3.05) is 6.54 Å². The molecule has 1 saturated heterocycles. The molecule has 1 aromatic carbocycles. The standard InChI is InChI=1S/C16H24N2O/c1-11-7-4-5-8-14(11)13(3)18-16(19)15-9-6-10-17-12(15)2/h4-5,7-8,12-13,15,17H,6,9-10H2,1-3H3,(H,18,19). The third-order valence-electron chi connectivity index (χ3n) is 4.11. The van der Waals surface area contributed by atoms with E-state index in [1.54, 1.807) is 0 Å². The number of carbonyl (C=O) groups is 1. The van der Waals surface area contributed by atoms with Gasteiger partial charge in [0.25, 0.3) is 0 Å². The number of benzene rings is 1. The average Bonchev–Trinajstić information content (AvgIpc) is 2.39. The molecule has 1 aliphatic rings. The fraction of sp³-hybridized carbons (Fsp3) is 0.562. The molecule has 0 radical (unpaired) electrons. The van der Waals surface area contributed by atoms with Gasteiger partial charge in [-0.25, -0.2) is 0 Å². The van der Waals surface area contributed by atoms with E-state index in [9.17, 15) is 4.79 Å². The number of piperidine rings is 1. The first kappa shape index (κ1) is 14.1. The van der Waals surface area contributed by atoms with Crippen LogP contribution in [0, 0.1) is 12.8 Å². The molecule has 0 bridgehead atoms. The molecule has 0 aromatic heterocycles. The first-order valence-corrected chi connectivity index (χ1v) is 7.19. The third kappa shape index (κ3) is 3.35. The molecule has 19 heavy (non-hydrogen) atoms. The van der Waals surface area contributed by atoms with Gasteiger partial charge in [0, 0.05) is 6.04 Å². The minimum atomic E-state index is 0.0721. The minimum absolute atomic E-state index is 0.0721. The second kappa shape index (κ2) is 6.20. The molecule has 1 aromatic rings. The van der Waals surface area contributed by atoms with Crippen LogP contribution in [-0.2, 0) is 4.79 Å². The lowest BCUT2D eigenvalue weighted by Crippen LogP contribution is -2.47. The average molecular weight is 260 g/mol. The van der Waals surface area contributed by atoms with Crippen LogP contribution in [-0.4, -0.2) is 18.5 Å². The van der Waals surface area contributed by atoms with Crippen LogP contribution in [0.5, 0.6) is 0 Å². The van der Waals surface area contributed by atoms with Crippen LogP contribution < -0.4 is 10.6 Å². The van der Waals surface area contributed by atoms with E-state index in [1.165, 1.54) is 11.1 Å². The number of amides is 1. The number of hydrogen-bond acceptors (Lipinski definition) is 2. The summed E-state index contributed by atoms with van der Waals surface area (Å²) in [4.78, 5) is 12.4. The quantitative estimate of drug-likeness (QED) is 0.877. The molecule has 2 N–H and O–H groups in total. The Bertz CT molecular complexity index is 444. The van der Waals surface area contributed by atoms with Gasteiger partial charge >= 0.3 is 0 Å². The topological polar surface area (TPSA) is 41.1 Å². The van der Waals surface area contributed by atoms with Crippen LogP contribution in [0.2, 0.25) is 0 Å². The molecule has 0 saturated carbocycles. The van der Waals surface area contributed by atoms with E-state index in [1.807, 2.05) is 12.1 Å². The minimum Gasteiger partial charge on any atom is -0.349 e. The molecule has 2 rings (SSSR count). The van der Waals surface area contributed by atoms with Gasteiger partial charge in [-0.15, -0.1) is 0 Å². The third-order valence-corrected chi connectivity index (χ3v) is 4.11. The van der Waals surface area contributed by atoms with E-state index < -0.39 is 0 Å². The summed E-state index contributed by atoms with van der Waals surface area (Å²) in [5.41, 5.74) is 2.43. The maximum atomic E-state index is 12.4. The first-order chi connectivity index (χ1) is 9.09. The van der Waals surface area contributed by atoms with Crippen molar-refractivity contribution in [3.8, 4) is 0 Å². The molecule has 3 unspecified atom stereocenters. The Morgan fingerprint density at radius 3 is 2.84 bits per heavy atom. The van der Waals surface area contributed by atoms with Crippen molar-refractivity contribution >= 4 is 5.91 Å². The molecule has 3 atom stereocenters. The van der Waals surface area contributed by atoms with Gasteiger partial charge in [0.2, 0.25) is 5.91 Å². The van der Waals surface area contributed by atoms with E-state index >= 15 is 0 Å². The molecule has 0 aliphatic carbocycles. The van der Waals surface area contributed by atoms with Crippen molar-refractivity contribution in [3.05, 3.63) is 35.4 Å². The molecule has 104 valence electrons. The van der Waals surface area contributed by atoms with Crippen LogP contribution in [0.25, 0.3) is 0 Å². The highest BCUT2D eigenvalue weighted by Gasteiger charge is 2.28. The van der Waals surface area contributed by atoms with Gasteiger partial charge in [0.05, 0.1) is 12.0 Å². The van der Waals surface area contributed by atoms with E-state index in [0.717, 1.165) is 19.4 Å². The number of aryl methyl sites for hydroxylation is 1. The predicted octanol–water partition coefficient (Wildman–Crippen LogP) is 2.56. The zero-order chi connectivity index (χ0) is 13.8. The van der Waals surface area contributed by atoms with Gasteiger partial charge in [0.15, 0.2) is 0 Å². The Morgan fingerprint density at radius 1 is 1.42 bits per heavy atom. The molecular formula is C16H24N2O. The van der Waals surface area contributed by atoms with Crippen LogP contribution in [0.3, 0.4) is 0 Å². The van der Waals surface area contributed by atoms with Crippen LogP contribution in [0.1, 0.15) is 43.9 Å². The van der Waals surface area contributed by atoms with Crippen LogP contribution in [0.15, 0.2) is 24.3 Å². The van der Waals surface area contributed by atoms with Crippen LogP contribution >= 0.6 is 0 Å². The predicted molar refractivity (Wildman–Crippen MR) is 77.9 cm³/mol. The summed E-state index contributed by atoms with van der Waals surface area (Å²) in [5, 5.41) is 6.53. The van der Waals surface area contributed by atoms with Crippen molar-refractivity contribution in [2.24, 2.45) is 5.92 Å². The lowest BCUT2D eigenvalue weighted by Gasteiger charge is -2.30. The second-order valence-electron chi connectivity index (χ2n) is 5.58. The fourth-order valence-electron chi connectivity index (χ4n) is 2.87. The van der Waals surface area contributed by atoms with Gasteiger partial charge in [-0.1, -0.05) is 24.3 Å². The summed E-state index contributed by atoms with van der Waals surface area (Å²) in [6.07, 6.45) is 2.07. The lowest BCUT2D eigenvalue weighted by atomic mass is 9.90. The largest absolute Gasteiger partial charge is 0.349 e. The molecule has 1 amide bonds. The van der Waals surface area contributed by atoms with Crippen molar-refractivity contribution < 1.29 is 4.79 Å². The SMILES string of the molecule is Cc1ccccc1C(C)NC(=O)C1CCCNC1C. The summed E-state index contributed by atoms with van der Waals surface area (Å²) in [5.74, 6) is 0.274. The molecule has 3 heteroatoms. The summed E-state index contributed by atoms with van der Waals surface area (Å²) < 4.78 is 0. The normalized spacial score (nSPS) is 24.8. The lowest BCUT2D eigenvalue weighted by molar-refractivity contribution is -0.127. The molecule has 1 fully saturated rings. The summed E-state index contributed by atoms with van der Waals surface area (Å²) in [6, 6.07) is 8.57. The number of carbonyl (C=O) groups excluding carboxylic acids is 1. The van der Waals surface area contributed by atoms with E-state index in [0.29, 0.717) is 0 Å². The van der Waals surface area contributed by atoms with Crippen LogP contribution in [0.4, 0.5) is 0 Å². The highest BCUT2D eigenvalue weighted by molar-refractivity contribution is 5.80. The van der Waals surface area contributed by atoms with Crippen molar-refractivity contribution in [1.29, 1.82) is 0 Å². The summed E-state index contributed by atoms with van der Waals surface area (Å²) >= 11 is 0. The van der Waals surface area contributed by atoms with E-state index in [4.69, 9.17) is 0 Å². The van der Waals surface area contributed by atoms with Gasteiger partial charge < -0.3 is 10.6 Å². The van der Waals surface area contributed by atoms with Crippen molar-refractivity contribution in [1.82, 2.24) is 10.6 Å². The zero-order valence-corrected chi connectivity index (χ0v) is 12.1. The Labute approximate surface area is 115 Å². The fourth-order valence-corrected chi connectivity index (χ4v) is 2.87. The Kier molecular flexibility index (Phi) is 4.59. The Balaban J connectivity index is 2.00. The maximum Gasteiger partial charge on any atom is 0.225 e. The molecular weight excluding hydrogens is 236 g/mol. The second-order valence-corrected chi connectivity index (χ2v) is 5.58. The van der Waals surface area contributed by atoms with Gasteiger partial charge in [-0.2, -0.15) is 0 Å². The Morgan fingerprint density at radius 2 is 2.16 bits per heavy atom. The van der Waals surface area contributed by atoms with Crippen molar-refractivity contribution in [3.63, 3.8) is 0 Å². The highest BCUT2D eigenvalue weighted by atomic mass is 16.2. The first-order valence-electron chi connectivity index (χ1n) is 7.19. The summed E-state index contributed by atoms with van der Waals surface area (Å²) in [7, 11) is 0. The number of nitrogens with one attached hydrogen (secondary N) is 2. The molecule has 3 nitrogen and oxygen atoms in total. The van der Waals surface area contributed by atoms with Crippen molar-refractivity contribution in [2.45, 2.75) is 45.7 Å². The number of rotatable bonds is 3. The highest BCUT2D eigenvalue weighted by Crippen LogP contribution is 2.20. The maximum absolute atomic E-state index is 12.4. The monoisotopic (exact) mass is 260 g/mol. The number of hydrogen-bond donors (Lipinski definition) is 2. The smallest absolute Gasteiger partial charge is 0.225 e. The van der Waals surface area contributed by atoms with E-state index in [2.05, 4.69) is 43.5 Å². The van der Waals surface area contributed by atoms with Gasteiger partial charge in [0.1, 0.15) is 0 Å². The molecule has 1 aliphatic heterocycles.